The van der Waals surface area contributed by atoms with Gasteiger partial charge in [-0.1, -0.05) is 0 Å². The van der Waals surface area contributed by atoms with Gasteiger partial charge in [0.1, 0.15) is 17.1 Å². The van der Waals surface area contributed by atoms with Gasteiger partial charge in [-0.05, 0) is 33.8 Å². The summed E-state index contributed by atoms with van der Waals surface area (Å²) >= 11 is 2.68. The number of β-lactam (4-membered cyclic amide) rings is 1. The first-order chi connectivity index (χ1) is 14.5. The Labute approximate surface area is 199 Å². The van der Waals surface area contributed by atoms with Gasteiger partial charge in [0, 0.05) is 10.6 Å². The van der Waals surface area contributed by atoms with Crippen LogP contribution in [0, 0.1) is 5.41 Å². The van der Waals surface area contributed by atoms with E-state index in [4.69, 9.17) is 15.2 Å². The van der Waals surface area contributed by atoms with E-state index in [9.17, 15) is 19.2 Å². The number of anilines is 1. The third-order valence-electron chi connectivity index (χ3n) is 4.48. The summed E-state index contributed by atoms with van der Waals surface area (Å²) in [4.78, 5) is 54.6. The molecule has 0 saturated carbocycles. The number of nitrogen functional groups attached to an aromatic ring is 1. The maximum absolute atomic E-state index is 12.7. The number of carbonyl (C=O) groups excluding carboxylic acids is 4. The Balaban J connectivity index is 0.00000363. The number of esters is 2. The minimum Gasteiger partial charge on any atom is -0.427 e. The molecule has 13 heteroatoms. The number of thioether (sulfide) groups is 1. The van der Waals surface area contributed by atoms with Crippen LogP contribution < -0.4 is 11.1 Å². The lowest BCUT2D eigenvalue weighted by atomic mass is 9.98. The number of amides is 2. The first-order valence-corrected chi connectivity index (χ1v) is 11.3. The van der Waals surface area contributed by atoms with Gasteiger partial charge in [-0.3, -0.25) is 19.3 Å². The number of ether oxygens (including phenoxy) is 2. The molecule has 1 aromatic heterocycles. The Kier molecular flexibility index (Phi) is 8.18. The first-order valence-electron chi connectivity index (χ1n) is 9.51. The number of hydrogen-bond donors (Lipinski definition) is 2. The molecule has 0 bridgehead atoms. The fourth-order valence-corrected chi connectivity index (χ4v) is 4.83. The van der Waals surface area contributed by atoms with E-state index in [2.05, 4.69) is 10.3 Å². The highest BCUT2D eigenvalue weighted by Gasteiger charge is 2.54. The summed E-state index contributed by atoms with van der Waals surface area (Å²) in [5.41, 5.74) is 5.45. The molecule has 0 aromatic carbocycles. The zero-order valence-electron chi connectivity index (χ0n) is 17.9. The molecule has 0 aliphatic carbocycles. The zero-order valence-corrected chi connectivity index (χ0v) is 20.4. The molecule has 3 atom stereocenters. The van der Waals surface area contributed by atoms with Crippen molar-refractivity contribution in [3.63, 3.8) is 0 Å². The number of rotatable bonds is 6. The number of nitrogens with one attached hydrogen (secondary N) is 1. The van der Waals surface area contributed by atoms with Gasteiger partial charge in [0.05, 0.1) is 17.5 Å². The monoisotopic (exact) mass is 504 g/mol. The highest BCUT2D eigenvalue weighted by atomic mass is 35.5. The number of nitrogens with zero attached hydrogens (tertiary/aromatic N) is 2. The number of nitrogens with two attached hydrogens (primary N) is 1. The summed E-state index contributed by atoms with van der Waals surface area (Å²) in [6.45, 7) is 6.37. The van der Waals surface area contributed by atoms with Crippen LogP contribution in [0.2, 0.25) is 0 Å². The van der Waals surface area contributed by atoms with E-state index in [-0.39, 0.29) is 35.7 Å². The van der Waals surface area contributed by atoms with Crippen LogP contribution in [0.1, 0.15) is 33.4 Å². The van der Waals surface area contributed by atoms with Gasteiger partial charge in [0.2, 0.25) is 12.7 Å². The van der Waals surface area contributed by atoms with Crippen molar-refractivity contribution >= 4 is 64.4 Å². The highest BCUT2D eigenvalue weighted by Crippen LogP contribution is 2.41. The first kappa shape index (κ1) is 25.9. The fraction of sp³-hybridized carbons (Fsp3) is 0.526. The van der Waals surface area contributed by atoms with Gasteiger partial charge in [-0.25, -0.2) is 9.78 Å². The molecule has 3 rings (SSSR count). The number of fused-ring (bicyclic) bond motifs is 1. The maximum atomic E-state index is 12.7. The molecule has 2 aliphatic heterocycles. The van der Waals surface area contributed by atoms with Crippen LogP contribution in [-0.4, -0.2) is 57.1 Å². The van der Waals surface area contributed by atoms with Gasteiger partial charge in [-0.15, -0.1) is 35.5 Å². The average Bonchev–Trinajstić information content (AvgIpc) is 3.08. The molecule has 10 nitrogen and oxygen atoms in total. The van der Waals surface area contributed by atoms with Crippen molar-refractivity contribution in [2.24, 2.45) is 5.41 Å². The Hall–Kier alpha value is -2.31. The van der Waals surface area contributed by atoms with Gasteiger partial charge in [0.15, 0.2) is 5.13 Å². The molecule has 0 radical (unpaired) electrons. The molecule has 1 fully saturated rings. The second-order valence-corrected chi connectivity index (χ2v) is 10.5. The van der Waals surface area contributed by atoms with Gasteiger partial charge >= 0.3 is 11.9 Å². The Morgan fingerprint density at radius 3 is 2.56 bits per heavy atom. The molecule has 3 N–H and O–H groups in total. The maximum Gasteiger partial charge on any atom is 0.357 e. The second kappa shape index (κ2) is 10.1. The van der Waals surface area contributed by atoms with Crippen molar-refractivity contribution in [3.8, 4) is 0 Å². The number of carbonyl (C=O) groups is 4. The summed E-state index contributed by atoms with van der Waals surface area (Å²) in [7, 11) is 0. The number of thiazole rings is 1. The lowest BCUT2D eigenvalue weighted by molar-refractivity contribution is -0.173. The van der Waals surface area contributed by atoms with Crippen LogP contribution in [0.4, 0.5) is 5.13 Å². The molecule has 0 spiro atoms. The normalized spacial score (nSPS) is 22.0. The largest absolute Gasteiger partial charge is 0.427 e. The van der Waals surface area contributed by atoms with E-state index < -0.39 is 41.5 Å². The molecule has 2 aliphatic rings. The molecule has 32 heavy (non-hydrogen) atoms. The van der Waals surface area contributed by atoms with Gasteiger partial charge in [0.25, 0.3) is 5.91 Å². The van der Waals surface area contributed by atoms with Crippen molar-refractivity contribution in [1.82, 2.24) is 15.2 Å². The summed E-state index contributed by atoms with van der Waals surface area (Å²) in [6, 6.07) is -0.758. The summed E-state index contributed by atoms with van der Waals surface area (Å²) in [5.74, 6) is -2.05. The summed E-state index contributed by atoms with van der Waals surface area (Å²) < 4.78 is 9.98. The van der Waals surface area contributed by atoms with Crippen LogP contribution in [0.3, 0.4) is 0 Å². The second-order valence-electron chi connectivity index (χ2n) is 8.12. The van der Waals surface area contributed by atoms with Crippen LogP contribution in [0.25, 0.3) is 0 Å². The van der Waals surface area contributed by atoms with Gasteiger partial charge in [-0.2, -0.15) is 0 Å². The van der Waals surface area contributed by atoms with Crippen molar-refractivity contribution in [2.75, 3.05) is 12.5 Å². The van der Waals surface area contributed by atoms with Crippen LogP contribution in [-0.2, 0) is 35.1 Å². The molecular weight excluding hydrogens is 480 g/mol. The smallest absolute Gasteiger partial charge is 0.357 e. The third-order valence-corrected chi connectivity index (χ3v) is 6.53. The van der Waals surface area contributed by atoms with E-state index in [1.807, 2.05) is 6.92 Å². The van der Waals surface area contributed by atoms with E-state index in [0.29, 0.717) is 10.8 Å². The van der Waals surface area contributed by atoms with Crippen LogP contribution >= 0.6 is 35.5 Å². The number of hydrogen-bond acceptors (Lipinski definition) is 10. The molecular formula is C19H25ClN4O6S2. The predicted octanol–water partition coefficient (Wildman–Crippen LogP) is 1.45. The van der Waals surface area contributed by atoms with E-state index >= 15 is 0 Å². The van der Waals surface area contributed by atoms with E-state index in [0.717, 1.165) is 0 Å². The number of aromatic nitrogens is 1. The molecule has 3 unspecified atom stereocenters. The molecule has 3 heterocycles. The highest BCUT2D eigenvalue weighted by molar-refractivity contribution is 8.00. The van der Waals surface area contributed by atoms with E-state index in [1.165, 1.54) is 28.0 Å². The molecule has 176 valence electrons. The third kappa shape index (κ3) is 5.73. The van der Waals surface area contributed by atoms with Crippen molar-refractivity contribution in [1.29, 1.82) is 0 Å². The number of halogens is 1. The molecule has 1 aromatic rings. The predicted molar refractivity (Wildman–Crippen MR) is 122 cm³/mol. The zero-order chi connectivity index (χ0) is 22.9. The van der Waals surface area contributed by atoms with E-state index in [1.54, 1.807) is 32.2 Å². The average molecular weight is 505 g/mol. The lowest BCUT2D eigenvalue weighted by Crippen LogP contribution is -2.70. The SMILES string of the molecule is CC1C=C(C(=O)OCOC(=O)C(C)(C)C)N2C(=O)C(NC(=O)Cc3csc(N)n3)C2S1.Cl. The van der Waals surface area contributed by atoms with Crippen molar-refractivity contribution in [3.05, 3.63) is 22.8 Å². The molecule has 1 saturated heterocycles. The summed E-state index contributed by atoms with van der Waals surface area (Å²) in [6.07, 6.45) is 1.62. The topological polar surface area (TPSA) is 141 Å². The lowest BCUT2D eigenvalue weighted by Gasteiger charge is -2.49. The minimum atomic E-state index is -0.769. The standard InChI is InChI=1S/C19H24N4O6S2.ClH/c1-9-5-11(16(26)28-8-29-17(27)19(2,3)4)23-14(25)13(15(23)31-9)22-12(24)6-10-7-30-18(20)21-10;/h5,7,9,13,15H,6,8H2,1-4H3,(H2,20,21)(H,22,24);1H. The van der Waals surface area contributed by atoms with Crippen molar-refractivity contribution in [2.45, 2.75) is 50.8 Å². The summed E-state index contributed by atoms with van der Waals surface area (Å²) in [5, 5.41) is 4.23. The Morgan fingerprint density at radius 2 is 1.97 bits per heavy atom. The minimum absolute atomic E-state index is 0. The molecule has 2 amide bonds. The fourth-order valence-electron chi connectivity index (χ4n) is 2.94. The van der Waals surface area contributed by atoms with Gasteiger partial charge < -0.3 is 20.5 Å². The Morgan fingerprint density at radius 1 is 1.28 bits per heavy atom. The quantitative estimate of drug-likeness (QED) is 0.334. The van der Waals surface area contributed by atoms with Crippen LogP contribution in [0.5, 0.6) is 0 Å². The van der Waals surface area contributed by atoms with Crippen LogP contribution in [0.15, 0.2) is 17.2 Å². The Bertz CT molecular complexity index is 944. The van der Waals surface area contributed by atoms with Crippen molar-refractivity contribution < 1.29 is 28.7 Å².